The minimum atomic E-state index is -0.609. The van der Waals surface area contributed by atoms with Gasteiger partial charge in [0, 0.05) is 0 Å². The zero-order valence-corrected chi connectivity index (χ0v) is 12.2. The molecule has 1 saturated carbocycles. The van der Waals surface area contributed by atoms with Crippen molar-refractivity contribution in [1.29, 1.82) is 0 Å². The van der Waals surface area contributed by atoms with Crippen LogP contribution in [0, 0.1) is 5.92 Å². The molecule has 1 aromatic carbocycles. The van der Waals surface area contributed by atoms with Crippen molar-refractivity contribution >= 4 is 11.8 Å². The Labute approximate surface area is 120 Å². The Kier molecular flexibility index (Phi) is 4.58. The second-order valence-corrected chi connectivity index (χ2v) is 5.53. The van der Waals surface area contributed by atoms with Gasteiger partial charge in [-0.15, -0.1) is 0 Å². The minimum Gasteiger partial charge on any atom is -0.468 e. The van der Waals surface area contributed by atoms with Crippen LogP contribution in [0.4, 0.5) is 0 Å². The van der Waals surface area contributed by atoms with Crippen molar-refractivity contribution in [2.24, 2.45) is 5.92 Å². The lowest BCUT2D eigenvalue weighted by Crippen LogP contribution is -2.34. The van der Waals surface area contributed by atoms with Gasteiger partial charge in [0.1, 0.15) is 5.92 Å². The SMILES string of the molecule is CCCCC(C(=O)OC)C(=O)C1(c2ccccc2)CC1. The summed E-state index contributed by atoms with van der Waals surface area (Å²) in [5.41, 5.74) is 0.601. The molecule has 3 nitrogen and oxygen atoms in total. The van der Waals surface area contributed by atoms with Gasteiger partial charge in [0.2, 0.25) is 0 Å². The predicted molar refractivity (Wildman–Crippen MR) is 77.4 cm³/mol. The summed E-state index contributed by atoms with van der Waals surface area (Å²) in [6, 6.07) is 9.81. The molecule has 0 amide bonds. The van der Waals surface area contributed by atoms with Crippen molar-refractivity contribution in [3.05, 3.63) is 35.9 Å². The summed E-state index contributed by atoms with van der Waals surface area (Å²) in [6.07, 6.45) is 4.12. The molecule has 3 heteroatoms. The van der Waals surface area contributed by atoms with Gasteiger partial charge in [-0.05, 0) is 24.8 Å². The Hall–Kier alpha value is -1.64. The number of methoxy groups -OCH3 is 1. The number of carbonyl (C=O) groups is 2. The van der Waals surface area contributed by atoms with Gasteiger partial charge in [-0.3, -0.25) is 9.59 Å². The van der Waals surface area contributed by atoms with Gasteiger partial charge in [-0.25, -0.2) is 0 Å². The number of benzene rings is 1. The second-order valence-electron chi connectivity index (χ2n) is 5.53. The van der Waals surface area contributed by atoms with Gasteiger partial charge in [0.05, 0.1) is 12.5 Å². The molecule has 0 aliphatic heterocycles. The molecule has 0 heterocycles. The third-order valence-corrected chi connectivity index (χ3v) is 4.20. The highest BCUT2D eigenvalue weighted by Crippen LogP contribution is 2.50. The zero-order valence-electron chi connectivity index (χ0n) is 12.2. The Morgan fingerprint density at radius 1 is 1.25 bits per heavy atom. The largest absolute Gasteiger partial charge is 0.468 e. The van der Waals surface area contributed by atoms with E-state index < -0.39 is 11.3 Å². The van der Waals surface area contributed by atoms with E-state index in [1.54, 1.807) is 0 Å². The summed E-state index contributed by atoms with van der Waals surface area (Å²) < 4.78 is 4.83. The average molecular weight is 274 g/mol. The molecule has 2 rings (SSSR count). The number of carbonyl (C=O) groups excluding carboxylic acids is 2. The number of unbranched alkanes of at least 4 members (excludes halogenated alkanes) is 1. The van der Waals surface area contributed by atoms with E-state index in [4.69, 9.17) is 4.74 Å². The van der Waals surface area contributed by atoms with E-state index >= 15 is 0 Å². The monoisotopic (exact) mass is 274 g/mol. The number of hydrogen-bond acceptors (Lipinski definition) is 3. The third-order valence-electron chi connectivity index (χ3n) is 4.20. The molecule has 20 heavy (non-hydrogen) atoms. The topological polar surface area (TPSA) is 43.4 Å². The first-order valence-electron chi connectivity index (χ1n) is 7.33. The molecule has 0 aromatic heterocycles. The van der Waals surface area contributed by atoms with Crippen LogP contribution in [0.2, 0.25) is 0 Å². The van der Waals surface area contributed by atoms with E-state index in [0.29, 0.717) is 6.42 Å². The van der Waals surface area contributed by atoms with E-state index in [9.17, 15) is 9.59 Å². The molecule has 1 aliphatic rings. The molecule has 1 atom stereocenters. The molecule has 0 spiro atoms. The molecule has 0 radical (unpaired) electrons. The number of Topliss-reactive ketones (excluding diaryl/α,β-unsaturated/α-hetero) is 1. The van der Waals surface area contributed by atoms with Gasteiger partial charge in [0.25, 0.3) is 0 Å². The minimum absolute atomic E-state index is 0.0454. The lowest BCUT2D eigenvalue weighted by molar-refractivity contribution is -0.150. The number of hydrogen-bond donors (Lipinski definition) is 0. The normalized spacial score (nSPS) is 17.3. The summed E-state index contributed by atoms with van der Waals surface area (Å²) in [4.78, 5) is 24.8. The van der Waals surface area contributed by atoms with E-state index in [2.05, 4.69) is 6.92 Å². The fourth-order valence-corrected chi connectivity index (χ4v) is 2.80. The highest BCUT2D eigenvalue weighted by molar-refractivity contribution is 6.06. The van der Waals surface area contributed by atoms with Crippen molar-refractivity contribution < 1.29 is 14.3 Å². The van der Waals surface area contributed by atoms with E-state index in [1.165, 1.54) is 7.11 Å². The molecule has 1 aromatic rings. The molecule has 0 N–H and O–H groups in total. The fraction of sp³-hybridized carbons (Fsp3) is 0.529. The first kappa shape index (κ1) is 14.8. The number of rotatable bonds is 7. The summed E-state index contributed by atoms with van der Waals surface area (Å²) in [6.45, 7) is 2.06. The van der Waals surface area contributed by atoms with Gasteiger partial charge in [0.15, 0.2) is 5.78 Å². The van der Waals surface area contributed by atoms with Crippen LogP contribution in [0.25, 0.3) is 0 Å². The van der Waals surface area contributed by atoms with Gasteiger partial charge < -0.3 is 4.74 Å². The van der Waals surface area contributed by atoms with Crippen LogP contribution in [-0.4, -0.2) is 18.9 Å². The highest BCUT2D eigenvalue weighted by Gasteiger charge is 2.54. The van der Waals surface area contributed by atoms with Crippen LogP contribution in [0.5, 0.6) is 0 Å². The van der Waals surface area contributed by atoms with Crippen molar-refractivity contribution in [2.75, 3.05) is 7.11 Å². The first-order chi connectivity index (χ1) is 9.65. The van der Waals surface area contributed by atoms with Crippen LogP contribution < -0.4 is 0 Å². The lowest BCUT2D eigenvalue weighted by Gasteiger charge is -2.20. The van der Waals surface area contributed by atoms with Crippen LogP contribution >= 0.6 is 0 Å². The van der Waals surface area contributed by atoms with Crippen molar-refractivity contribution in [3.63, 3.8) is 0 Å². The maximum atomic E-state index is 12.8. The predicted octanol–water partition coefficient (Wildman–Crippen LogP) is 3.27. The summed E-state index contributed by atoms with van der Waals surface area (Å²) in [5, 5.41) is 0. The Morgan fingerprint density at radius 3 is 2.40 bits per heavy atom. The average Bonchev–Trinajstić information content (AvgIpc) is 3.29. The molecular weight excluding hydrogens is 252 g/mol. The third kappa shape index (κ3) is 2.77. The summed E-state index contributed by atoms with van der Waals surface area (Å²) in [5.74, 6) is -0.947. The Bertz CT molecular complexity index is 474. The Morgan fingerprint density at radius 2 is 1.90 bits per heavy atom. The standard InChI is InChI=1S/C17H22O3/c1-3-4-10-14(16(19)20-2)15(18)17(11-12-17)13-8-6-5-7-9-13/h5-9,14H,3-4,10-12H2,1-2H3. The highest BCUT2D eigenvalue weighted by atomic mass is 16.5. The van der Waals surface area contributed by atoms with Gasteiger partial charge >= 0.3 is 5.97 Å². The summed E-state index contributed by atoms with van der Waals surface area (Å²) >= 11 is 0. The van der Waals surface area contributed by atoms with Crippen LogP contribution in [-0.2, 0) is 19.7 Å². The molecule has 0 bridgehead atoms. The first-order valence-corrected chi connectivity index (χ1v) is 7.33. The summed E-state index contributed by atoms with van der Waals surface area (Å²) in [7, 11) is 1.36. The van der Waals surface area contributed by atoms with Crippen molar-refractivity contribution in [1.82, 2.24) is 0 Å². The van der Waals surface area contributed by atoms with Crippen molar-refractivity contribution in [3.8, 4) is 0 Å². The van der Waals surface area contributed by atoms with E-state index in [1.807, 2.05) is 30.3 Å². The molecule has 1 fully saturated rings. The van der Waals surface area contributed by atoms with E-state index in [-0.39, 0.29) is 11.8 Å². The van der Waals surface area contributed by atoms with Crippen LogP contribution in [0.1, 0.15) is 44.6 Å². The molecule has 1 unspecified atom stereocenters. The molecule has 1 aliphatic carbocycles. The van der Waals surface area contributed by atoms with Crippen LogP contribution in [0.15, 0.2) is 30.3 Å². The molecule has 108 valence electrons. The number of ether oxygens (including phenoxy) is 1. The number of esters is 1. The van der Waals surface area contributed by atoms with Crippen LogP contribution in [0.3, 0.4) is 0 Å². The number of ketones is 1. The van der Waals surface area contributed by atoms with Crippen molar-refractivity contribution in [2.45, 2.75) is 44.4 Å². The molecular formula is C17H22O3. The quantitative estimate of drug-likeness (QED) is 0.566. The van der Waals surface area contributed by atoms with Gasteiger partial charge in [-0.2, -0.15) is 0 Å². The second kappa shape index (κ2) is 6.21. The fourth-order valence-electron chi connectivity index (χ4n) is 2.80. The Balaban J connectivity index is 2.21. The smallest absolute Gasteiger partial charge is 0.316 e. The zero-order chi connectivity index (χ0) is 14.6. The lowest BCUT2D eigenvalue weighted by atomic mass is 9.82. The maximum Gasteiger partial charge on any atom is 0.316 e. The molecule has 0 saturated heterocycles. The maximum absolute atomic E-state index is 12.8. The van der Waals surface area contributed by atoms with Gasteiger partial charge in [-0.1, -0.05) is 50.1 Å². The van der Waals surface area contributed by atoms with E-state index in [0.717, 1.165) is 31.2 Å².